The average Bonchev–Trinajstić information content (AvgIpc) is 3.06. The van der Waals surface area contributed by atoms with Gasteiger partial charge in [0.2, 0.25) is 0 Å². The van der Waals surface area contributed by atoms with Gasteiger partial charge in [-0.1, -0.05) is 12.1 Å². The highest BCUT2D eigenvalue weighted by atomic mass is 32.2. The SMILES string of the molecule is CC(C)(Sc1ccc2nc(C(F)(F)F)sc2c1-c1ccc(C#N)cc1)C(=O)O. The number of alkyl halides is 3. The maximum absolute atomic E-state index is 13.2. The van der Waals surface area contributed by atoms with Gasteiger partial charge in [0.15, 0.2) is 5.01 Å². The summed E-state index contributed by atoms with van der Waals surface area (Å²) in [5.41, 5.74) is 1.67. The number of benzene rings is 2. The third-order valence-corrected chi connectivity index (χ3v) is 6.32. The van der Waals surface area contributed by atoms with Crippen molar-refractivity contribution in [3.8, 4) is 17.2 Å². The molecule has 0 unspecified atom stereocenters. The molecule has 0 bridgehead atoms. The Hall–Kier alpha value is -2.57. The van der Waals surface area contributed by atoms with E-state index < -0.39 is 21.9 Å². The molecule has 3 rings (SSSR count). The van der Waals surface area contributed by atoms with Gasteiger partial charge in [-0.05, 0) is 43.7 Å². The summed E-state index contributed by atoms with van der Waals surface area (Å²) in [5, 5.41) is 17.5. The first-order valence-electron chi connectivity index (χ1n) is 7.96. The third kappa shape index (κ3) is 3.84. The van der Waals surface area contributed by atoms with Gasteiger partial charge in [0, 0.05) is 10.5 Å². The summed E-state index contributed by atoms with van der Waals surface area (Å²) in [6.07, 6.45) is -4.57. The number of halogens is 3. The van der Waals surface area contributed by atoms with Crippen LogP contribution in [-0.2, 0) is 11.0 Å². The fraction of sp³-hybridized carbons (Fsp3) is 0.211. The molecule has 0 amide bonds. The van der Waals surface area contributed by atoms with E-state index in [1.807, 2.05) is 6.07 Å². The van der Waals surface area contributed by atoms with Crippen molar-refractivity contribution in [2.45, 2.75) is 29.7 Å². The number of thioether (sulfide) groups is 1. The Labute approximate surface area is 166 Å². The van der Waals surface area contributed by atoms with Gasteiger partial charge in [-0.2, -0.15) is 18.4 Å². The van der Waals surface area contributed by atoms with Crippen LogP contribution in [-0.4, -0.2) is 20.8 Å². The molecule has 1 aromatic heterocycles. The molecule has 0 spiro atoms. The first kappa shape index (κ1) is 20.2. The number of hydrogen-bond acceptors (Lipinski definition) is 5. The van der Waals surface area contributed by atoms with E-state index in [1.54, 1.807) is 30.3 Å². The molecule has 1 N–H and O–H groups in total. The summed E-state index contributed by atoms with van der Waals surface area (Å²) in [6.45, 7) is 3.06. The summed E-state index contributed by atoms with van der Waals surface area (Å²) in [5.74, 6) is -1.04. The molecule has 4 nitrogen and oxygen atoms in total. The van der Waals surface area contributed by atoms with Crippen LogP contribution in [0.5, 0.6) is 0 Å². The molecule has 0 fully saturated rings. The molecule has 0 saturated carbocycles. The van der Waals surface area contributed by atoms with Crippen molar-refractivity contribution in [3.05, 3.63) is 47.0 Å². The molecule has 0 radical (unpaired) electrons. The molecule has 0 aliphatic heterocycles. The molecule has 144 valence electrons. The average molecular weight is 422 g/mol. The van der Waals surface area contributed by atoms with E-state index in [0.717, 1.165) is 11.8 Å². The van der Waals surface area contributed by atoms with Crippen molar-refractivity contribution in [2.75, 3.05) is 0 Å². The van der Waals surface area contributed by atoms with Gasteiger partial charge in [-0.3, -0.25) is 4.79 Å². The number of rotatable bonds is 4. The van der Waals surface area contributed by atoms with Crippen LogP contribution in [0.4, 0.5) is 13.2 Å². The first-order valence-corrected chi connectivity index (χ1v) is 9.60. The van der Waals surface area contributed by atoms with Crippen molar-refractivity contribution >= 4 is 39.3 Å². The number of hydrogen-bond donors (Lipinski definition) is 1. The van der Waals surface area contributed by atoms with Gasteiger partial charge in [-0.25, -0.2) is 4.98 Å². The minimum atomic E-state index is -4.57. The summed E-state index contributed by atoms with van der Waals surface area (Å²) < 4.78 is 38.6. The van der Waals surface area contributed by atoms with E-state index in [2.05, 4.69) is 4.98 Å². The quantitative estimate of drug-likeness (QED) is 0.537. The molecule has 0 saturated heterocycles. The second-order valence-electron chi connectivity index (χ2n) is 6.41. The second kappa shape index (κ2) is 7.11. The zero-order valence-corrected chi connectivity index (χ0v) is 16.3. The van der Waals surface area contributed by atoms with E-state index in [9.17, 15) is 23.1 Å². The van der Waals surface area contributed by atoms with Crippen molar-refractivity contribution in [2.24, 2.45) is 0 Å². The predicted molar refractivity (Wildman–Crippen MR) is 102 cm³/mol. The monoisotopic (exact) mass is 422 g/mol. The van der Waals surface area contributed by atoms with Crippen LogP contribution in [0.3, 0.4) is 0 Å². The number of carbonyl (C=O) groups is 1. The summed E-state index contributed by atoms with van der Waals surface area (Å²) in [4.78, 5) is 15.8. The van der Waals surface area contributed by atoms with Crippen molar-refractivity contribution in [1.82, 2.24) is 4.98 Å². The molecule has 3 aromatic rings. The number of thiazole rings is 1. The van der Waals surface area contributed by atoms with E-state index in [0.29, 0.717) is 37.6 Å². The fourth-order valence-electron chi connectivity index (χ4n) is 2.48. The van der Waals surface area contributed by atoms with Crippen LogP contribution in [0.1, 0.15) is 24.4 Å². The highest BCUT2D eigenvalue weighted by Gasteiger charge is 2.36. The number of fused-ring (bicyclic) bond motifs is 1. The normalized spacial score (nSPS) is 12.1. The maximum atomic E-state index is 13.2. The standard InChI is InChI=1S/C19H13F3N2O2S2/c1-18(2,17(25)26)28-13-8-7-12-15(27-16(24-12)19(20,21)22)14(13)11-5-3-10(9-23)4-6-11/h3-8H,1-2H3,(H,25,26). The van der Waals surface area contributed by atoms with Crippen molar-refractivity contribution < 1.29 is 23.1 Å². The number of carboxylic acids is 1. The van der Waals surface area contributed by atoms with Crippen molar-refractivity contribution in [3.63, 3.8) is 0 Å². The van der Waals surface area contributed by atoms with Gasteiger partial charge in [0.05, 0.1) is 21.8 Å². The number of aliphatic carboxylic acids is 1. The predicted octanol–water partition coefficient (Wildman–Crippen LogP) is 5.81. The number of nitrogens with zero attached hydrogens (tertiary/aromatic N) is 2. The molecule has 0 atom stereocenters. The molecule has 9 heteroatoms. The van der Waals surface area contributed by atoms with E-state index in [-0.39, 0.29) is 5.52 Å². The summed E-state index contributed by atoms with van der Waals surface area (Å²) >= 11 is 1.57. The molecule has 28 heavy (non-hydrogen) atoms. The van der Waals surface area contributed by atoms with E-state index in [4.69, 9.17) is 5.26 Å². The van der Waals surface area contributed by atoms with Crippen LogP contribution < -0.4 is 0 Å². The van der Waals surface area contributed by atoms with Crippen LogP contribution in [0.15, 0.2) is 41.3 Å². The summed E-state index contributed by atoms with van der Waals surface area (Å²) in [7, 11) is 0. The van der Waals surface area contributed by atoms with Gasteiger partial charge in [0.1, 0.15) is 4.75 Å². The summed E-state index contributed by atoms with van der Waals surface area (Å²) in [6, 6.07) is 11.5. The zero-order chi connectivity index (χ0) is 20.7. The minimum absolute atomic E-state index is 0.189. The Morgan fingerprint density at radius 1 is 1.18 bits per heavy atom. The largest absolute Gasteiger partial charge is 0.480 e. The Balaban J connectivity index is 2.27. The molecule has 2 aromatic carbocycles. The number of aromatic nitrogens is 1. The van der Waals surface area contributed by atoms with Gasteiger partial charge in [0.25, 0.3) is 0 Å². The van der Waals surface area contributed by atoms with Crippen LogP contribution in [0.25, 0.3) is 21.3 Å². The first-order chi connectivity index (χ1) is 13.0. The highest BCUT2D eigenvalue weighted by molar-refractivity contribution is 8.01. The zero-order valence-electron chi connectivity index (χ0n) is 14.7. The lowest BCUT2D eigenvalue weighted by molar-refractivity contribution is -0.139. The van der Waals surface area contributed by atoms with Crippen LogP contribution in [0, 0.1) is 11.3 Å². The Kier molecular flexibility index (Phi) is 5.12. The number of carboxylic acid groups (broad SMARTS) is 1. The molecule has 1 heterocycles. The van der Waals surface area contributed by atoms with Crippen LogP contribution >= 0.6 is 23.1 Å². The molecule has 0 aliphatic carbocycles. The molecule has 0 aliphatic rings. The Bertz CT molecular complexity index is 1100. The van der Waals surface area contributed by atoms with Gasteiger partial charge < -0.3 is 5.11 Å². The van der Waals surface area contributed by atoms with E-state index in [1.165, 1.54) is 19.9 Å². The van der Waals surface area contributed by atoms with E-state index >= 15 is 0 Å². The lowest BCUT2D eigenvalue weighted by Crippen LogP contribution is -2.26. The van der Waals surface area contributed by atoms with Gasteiger partial charge in [-0.15, -0.1) is 23.1 Å². The fourth-order valence-corrected chi connectivity index (χ4v) is 4.64. The molecular formula is C19H13F3N2O2S2. The Morgan fingerprint density at radius 2 is 1.82 bits per heavy atom. The Morgan fingerprint density at radius 3 is 2.36 bits per heavy atom. The third-order valence-electron chi connectivity index (χ3n) is 3.94. The van der Waals surface area contributed by atoms with Crippen molar-refractivity contribution in [1.29, 1.82) is 5.26 Å². The highest BCUT2D eigenvalue weighted by Crippen LogP contribution is 2.46. The maximum Gasteiger partial charge on any atom is 0.443 e. The minimum Gasteiger partial charge on any atom is -0.480 e. The smallest absolute Gasteiger partial charge is 0.443 e. The lowest BCUT2D eigenvalue weighted by Gasteiger charge is -2.21. The number of nitriles is 1. The lowest BCUT2D eigenvalue weighted by atomic mass is 10.0. The second-order valence-corrected chi connectivity index (χ2v) is 9.07. The topological polar surface area (TPSA) is 74.0 Å². The molecular weight excluding hydrogens is 409 g/mol. The van der Waals surface area contributed by atoms with Crippen LogP contribution in [0.2, 0.25) is 0 Å². The van der Waals surface area contributed by atoms with Gasteiger partial charge >= 0.3 is 12.1 Å².